The van der Waals surface area contributed by atoms with Crippen LogP contribution in [0.5, 0.6) is 0 Å². The second kappa shape index (κ2) is 7.88. The Kier molecular flexibility index (Phi) is 5.38. The molecule has 0 aliphatic carbocycles. The number of anilines is 1. The molecule has 0 saturated carbocycles. The number of pyridine rings is 1. The average molecular weight is 366 g/mol. The monoisotopic (exact) mass is 366 g/mol. The molecule has 0 unspecified atom stereocenters. The lowest BCUT2D eigenvalue weighted by molar-refractivity contribution is -0.114. The van der Waals surface area contributed by atoms with Gasteiger partial charge in [-0.1, -0.05) is 12.1 Å². The molecule has 0 bridgehead atoms. The van der Waals surface area contributed by atoms with Crippen LogP contribution in [-0.4, -0.2) is 21.8 Å². The fourth-order valence-corrected chi connectivity index (χ4v) is 3.34. The molecule has 1 aromatic carbocycles. The first kappa shape index (κ1) is 17.8. The number of aryl methyl sites for hydroxylation is 1. The van der Waals surface area contributed by atoms with Crippen molar-refractivity contribution in [1.29, 1.82) is 0 Å². The van der Waals surface area contributed by atoms with E-state index in [1.807, 2.05) is 43.3 Å². The van der Waals surface area contributed by atoms with Gasteiger partial charge in [-0.3, -0.25) is 14.6 Å². The first-order chi connectivity index (χ1) is 12.5. The highest BCUT2D eigenvalue weighted by Gasteiger charge is 2.16. The van der Waals surface area contributed by atoms with Gasteiger partial charge in [0.15, 0.2) is 0 Å². The van der Waals surface area contributed by atoms with E-state index in [0.717, 1.165) is 21.0 Å². The Morgan fingerprint density at radius 2 is 1.92 bits per heavy atom. The van der Waals surface area contributed by atoms with E-state index in [1.54, 1.807) is 12.4 Å². The summed E-state index contributed by atoms with van der Waals surface area (Å²) in [5.74, 6) is -0.339. The van der Waals surface area contributed by atoms with Crippen molar-refractivity contribution >= 4 is 28.8 Å². The fraction of sp³-hybridized carbons (Fsp3) is 0.158. The van der Waals surface area contributed by atoms with Crippen molar-refractivity contribution in [2.24, 2.45) is 0 Å². The van der Waals surface area contributed by atoms with E-state index in [0.29, 0.717) is 17.9 Å². The molecule has 0 aliphatic heterocycles. The number of hydrogen-bond donors (Lipinski definition) is 2. The zero-order valence-corrected chi connectivity index (χ0v) is 15.3. The van der Waals surface area contributed by atoms with Gasteiger partial charge in [0.2, 0.25) is 5.91 Å². The van der Waals surface area contributed by atoms with Crippen molar-refractivity contribution in [1.82, 2.24) is 15.3 Å². The Morgan fingerprint density at radius 1 is 1.15 bits per heavy atom. The largest absolute Gasteiger partial charge is 0.347 e. The van der Waals surface area contributed by atoms with Crippen LogP contribution in [0, 0.1) is 6.92 Å². The molecule has 0 saturated heterocycles. The van der Waals surface area contributed by atoms with Crippen LogP contribution in [0.1, 0.15) is 27.9 Å². The normalized spacial score (nSPS) is 10.4. The van der Waals surface area contributed by atoms with Crippen molar-refractivity contribution in [3.05, 3.63) is 64.9 Å². The minimum Gasteiger partial charge on any atom is -0.347 e. The van der Waals surface area contributed by atoms with Gasteiger partial charge in [0.05, 0.1) is 0 Å². The Labute approximate surface area is 155 Å². The van der Waals surface area contributed by atoms with Crippen LogP contribution in [0.4, 0.5) is 5.69 Å². The first-order valence-corrected chi connectivity index (χ1v) is 8.87. The topological polar surface area (TPSA) is 84.0 Å². The van der Waals surface area contributed by atoms with Gasteiger partial charge in [-0.25, -0.2) is 4.98 Å². The Morgan fingerprint density at radius 3 is 2.65 bits per heavy atom. The van der Waals surface area contributed by atoms with Crippen LogP contribution in [0.15, 0.2) is 48.8 Å². The van der Waals surface area contributed by atoms with Crippen LogP contribution in [0.2, 0.25) is 0 Å². The van der Waals surface area contributed by atoms with Crippen molar-refractivity contribution in [2.45, 2.75) is 20.4 Å². The van der Waals surface area contributed by atoms with Gasteiger partial charge < -0.3 is 10.6 Å². The number of carbonyl (C=O) groups is 2. The van der Waals surface area contributed by atoms with Crippen LogP contribution >= 0.6 is 11.3 Å². The highest BCUT2D eigenvalue weighted by Crippen LogP contribution is 2.29. The molecule has 0 aliphatic rings. The molecule has 2 heterocycles. The molecule has 2 aromatic heterocycles. The quantitative estimate of drug-likeness (QED) is 0.725. The van der Waals surface area contributed by atoms with Gasteiger partial charge in [0, 0.05) is 42.0 Å². The zero-order chi connectivity index (χ0) is 18.5. The summed E-state index contributed by atoms with van der Waals surface area (Å²) in [6.45, 7) is 3.76. The van der Waals surface area contributed by atoms with Gasteiger partial charge >= 0.3 is 0 Å². The number of thiazole rings is 1. The third-order valence-corrected chi connectivity index (χ3v) is 4.66. The number of carbonyl (C=O) groups excluding carboxylic acids is 2. The molecule has 132 valence electrons. The zero-order valence-electron chi connectivity index (χ0n) is 14.4. The second-order valence-corrected chi connectivity index (χ2v) is 6.93. The number of nitrogens with zero attached hydrogens (tertiary/aromatic N) is 2. The van der Waals surface area contributed by atoms with E-state index < -0.39 is 0 Å². The molecule has 7 heteroatoms. The lowest BCUT2D eigenvalue weighted by atomic mass is 10.2. The predicted molar refractivity (Wildman–Crippen MR) is 102 cm³/mol. The van der Waals surface area contributed by atoms with E-state index in [-0.39, 0.29) is 11.8 Å². The standard InChI is InChI=1S/C19H18N4O2S/c1-12-17(18(25)21-11-14-6-8-20-9-7-14)23-19(26-12)15-4-3-5-16(10-15)22-13(2)24/h3-10H,11H2,1-2H3,(H,21,25)(H,22,24). The number of nitrogens with one attached hydrogen (secondary N) is 2. The molecule has 3 rings (SSSR count). The van der Waals surface area contributed by atoms with Crippen molar-refractivity contribution < 1.29 is 9.59 Å². The lowest BCUT2D eigenvalue weighted by Crippen LogP contribution is -2.23. The Hall–Kier alpha value is -3.06. The number of amides is 2. The summed E-state index contributed by atoms with van der Waals surface area (Å²) in [5.41, 5.74) is 2.96. The summed E-state index contributed by atoms with van der Waals surface area (Å²) >= 11 is 1.45. The Bertz CT molecular complexity index is 938. The number of hydrogen-bond acceptors (Lipinski definition) is 5. The predicted octanol–water partition coefficient (Wildman–Crippen LogP) is 3.40. The SMILES string of the molecule is CC(=O)Nc1cccc(-c2nc(C(=O)NCc3ccncc3)c(C)s2)c1. The third-order valence-electron chi connectivity index (χ3n) is 3.64. The number of rotatable bonds is 5. The summed E-state index contributed by atoms with van der Waals surface area (Å²) in [4.78, 5) is 33.0. The molecule has 26 heavy (non-hydrogen) atoms. The van der Waals surface area contributed by atoms with E-state index in [4.69, 9.17) is 0 Å². The number of aromatic nitrogens is 2. The van der Waals surface area contributed by atoms with Crippen molar-refractivity contribution in [3.8, 4) is 10.6 Å². The molecule has 0 fully saturated rings. The van der Waals surface area contributed by atoms with E-state index in [2.05, 4.69) is 20.6 Å². The molecule has 0 spiro atoms. The van der Waals surface area contributed by atoms with Crippen LogP contribution in [0.25, 0.3) is 10.6 Å². The maximum atomic E-state index is 12.5. The maximum Gasteiger partial charge on any atom is 0.271 e. The average Bonchev–Trinajstić information content (AvgIpc) is 3.02. The summed E-state index contributed by atoms with van der Waals surface area (Å²) in [6.07, 6.45) is 3.38. The first-order valence-electron chi connectivity index (χ1n) is 8.05. The van der Waals surface area contributed by atoms with Crippen LogP contribution in [0.3, 0.4) is 0 Å². The highest BCUT2D eigenvalue weighted by molar-refractivity contribution is 7.15. The Balaban J connectivity index is 1.76. The summed E-state index contributed by atoms with van der Waals surface area (Å²) in [5, 5.41) is 6.37. The molecular formula is C19H18N4O2S. The van der Waals surface area contributed by atoms with Gasteiger partial charge in [0.25, 0.3) is 5.91 Å². The van der Waals surface area contributed by atoms with Crippen LogP contribution < -0.4 is 10.6 Å². The maximum absolute atomic E-state index is 12.5. The minimum absolute atomic E-state index is 0.131. The molecule has 2 amide bonds. The highest BCUT2D eigenvalue weighted by atomic mass is 32.1. The van der Waals surface area contributed by atoms with Gasteiger partial charge in [-0.15, -0.1) is 11.3 Å². The molecule has 2 N–H and O–H groups in total. The molecule has 0 radical (unpaired) electrons. The smallest absolute Gasteiger partial charge is 0.271 e. The van der Waals surface area contributed by atoms with Gasteiger partial charge in [-0.05, 0) is 36.8 Å². The minimum atomic E-state index is -0.208. The van der Waals surface area contributed by atoms with Gasteiger partial charge in [-0.2, -0.15) is 0 Å². The third kappa shape index (κ3) is 4.31. The van der Waals surface area contributed by atoms with E-state index in [1.165, 1.54) is 18.3 Å². The molecule has 3 aromatic rings. The summed E-state index contributed by atoms with van der Waals surface area (Å²) in [6, 6.07) is 11.1. The van der Waals surface area contributed by atoms with Crippen molar-refractivity contribution in [3.63, 3.8) is 0 Å². The molecule has 0 atom stereocenters. The summed E-state index contributed by atoms with van der Waals surface area (Å²) < 4.78 is 0. The fourth-order valence-electron chi connectivity index (χ4n) is 2.43. The lowest BCUT2D eigenvalue weighted by Gasteiger charge is -2.04. The van der Waals surface area contributed by atoms with E-state index >= 15 is 0 Å². The van der Waals surface area contributed by atoms with Crippen LogP contribution in [-0.2, 0) is 11.3 Å². The second-order valence-electron chi connectivity index (χ2n) is 5.72. The molecular weight excluding hydrogens is 348 g/mol. The van der Waals surface area contributed by atoms with Crippen molar-refractivity contribution in [2.75, 3.05) is 5.32 Å². The van der Waals surface area contributed by atoms with Gasteiger partial charge in [0.1, 0.15) is 10.7 Å². The summed E-state index contributed by atoms with van der Waals surface area (Å²) in [7, 11) is 0. The number of benzene rings is 1. The molecule has 6 nitrogen and oxygen atoms in total. The van der Waals surface area contributed by atoms with E-state index in [9.17, 15) is 9.59 Å².